The van der Waals surface area contributed by atoms with Crippen LogP contribution >= 0.6 is 0 Å². The fraction of sp³-hybridized carbons (Fsp3) is 1.00. The van der Waals surface area contributed by atoms with Gasteiger partial charge in [-0.25, -0.2) is 0 Å². The van der Waals surface area contributed by atoms with E-state index in [2.05, 4.69) is 10.2 Å². The van der Waals surface area contributed by atoms with Gasteiger partial charge >= 0.3 is 0 Å². The van der Waals surface area contributed by atoms with Gasteiger partial charge in [-0.2, -0.15) is 0 Å². The number of hydrogen-bond donors (Lipinski definition) is 1. The predicted molar refractivity (Wildman–Crippen MR) is 81.4 cm³/mol. The first-order chi connectivity index (χ1) is 9.43. The van der Waals surface area contributed by atoms with Crippen molar-refractivity contribution in [2.75, 3.05) is 19.6 Å². The maximum Gasteiger partial charge on any atom is 0.0124 e. The molecular weight excluding hydrogens is 232 g/mol. The van der Waals surface area contributed by atoms with Crippen molar-refractivity contribution in [1.29, 1.82) is 0 Å². The Morgan fingerprint density at radius 2 is 1.58 bits per heavy atom. The molecule has 3 aliphatic rings. The van der Waals surface area contributed by atoms with E-state index >= 15 is 0 Å². The number of nitrogens with zero attached hydrogens (tertiary/aromatic N) is 1. The first-order valence-electron chi connectivity index (χ1n) is 8.91. The second-order valence-corrected chi connectivity index (χ2v) is 7.08. The topological polar surface area (TPSA) is 15.3 Å². The predicted octanol–water partition coefficient (Wildman–Crippen LogP) is 3.56. The quantitative estimate of drug-likeness (QED) is 0.781. The number of rotatable bonds is 4. The molecule has 2 aliphatic carbocycles. The van der Waals surface area contributed by atoms with Crippen LogP contribution in [0.4, 0.5) is 0 Å². The Morgan fingerprint density at radius 3 is 2.42 bits per heavy atom. The summed E-state index contributed by atoms with van der Waals surface area (Å²) in [6.07, 6.45) is 16.1. The zero-order chi connectivity index (χ0) is 12.9. The van der Waals surface area contributed by atoms with Gasteiger partial charge in [0.2, 0.25) is 0 Å². The molecule has 0 spiro atoms. The van der Waals surface area contributed by atoms with E-state index in [1.165, 1.54) is 90.3 Å². The highest BCUT2D eigenvalue weighted by Crippen LogP contribution is 2.36. The lowest BCUT2D eigenvalue weighted by Crippen LogP contribution is -2.46. The summed E-state index contributed by atoms with van der Waals surface area (Å²) in [5, 5.41) is 3.85. The van der Waals surface area contributed by atoms with Gasteiger partial charge < -0.3 is 5.32 Å². The van der Waals surface area contributed by atoms with Crippen LogP contribution in [0.15, 0.2) is 0 Å². The summed E-state index contributed by atoms with van der Waals surface area (Å²) in [5.74, 6) is 1.05. The van der Waals surface area contributed by atoms with Crippen LogP contribution in [0.3, 0.4) is 0 Å². The van der Waals surface area contributed by atoms with Gasteiger partial charge in [0, 0.05) is 25.2 Å². The zero-order valence-electron chi connectivity index (χ0n) is 12.6. The zero-order valence-corrected chi connectivity index (χ0v) is 12.6. The Hall–Kier alpha value is -0.0800. The lowest BCUT2D eigenvalue weighted by molar-refractivity contribution is 0.113. The van der Waals surface area contributed by atoms with Gasteiger partial charge in [-0.3, -0.25) is 4.90 Å². The Balaban J connectivity index is 1.39. The lowest BCUT2D eigenvalue weighted by atomic mass is 9.92. The molecule has 2 saturated carbocycles. The molecule has 0 bridgehead atoms. The molecule has 0 aromatic rings. The Bertz CT molecular complexity index is 258. The van der Waals surface area contributed by atoms with Crippen LogP contribution in [0.2, 0.25) is 0 Å². The molecule has 1 heterocycles. The highest BCUT2D eigenvalue weighted by atomic mass is 15.2. The number of fused-ring (bicyclic) bond motifs is 1. The van der Waals surface area contributed by atoms with Crippen molar-refractivity contribution in [2.24, 2.45) is 5.92 Å². The average molecular weight is 264 g/mol. The molecule has 110 valence electrons. The number of hydrogen-bond acceptors (Lipinski definition) is 2. The molecular formula is C17H32N2. The minimum Gasteiger partial charge on any atom is -0.313 e. The SMILES string of the molecule is C1CCCC(NCCN2CCCC3CCCC32)CC1. The highest BCUT2D eigenvalue weighted by Gasteiger charge is 2.34. The average Bonchev–Trinajstić information content (AvgIpc) is 2.77. The van der Waals surface area contributed by atoms with Gasteiger partial charge in [0.25, 0.3) is 0 Å². The van der Waals surface area contributed by atoms with E-state index in [1.54, 1.807) is 0 Å². The normalized spacial score (nSPS) is 34.1. The van der Waals surface area contributed by atoms with Crippen molar-refractivity contribution in [3.05, 3.63) is 0 Å². The smallest absolute Gasteiger partial charge is 0.0124 e. The van der Waals surface area contributed by atoms with Gasteiger partial charge in [-0.1, -0.05) is 32.1 Å². The maximum absolute atomic E-state index is 3.85. The molecule has 2 heteroatoms. The molecule has 3 fully saturated rings. The van der Waals surface area contributed by atoms with E-state index in [4.69, 9.17) is 0 Å². The first kappa shape index (κ1) is 13.9. The number of nitrogens with one attached hydrogen (secondary N) is 1. The molecule has 0 aromatic heterocycles. The molecule has 3 rings (SSSR count). The van der Waals surface area contributed by atoms with Crippen molar-refractivity contribution in [3.63, 3.8) is 0 Å². The van der Waals surface area contributed by atoms with Crippen LogP contribution in [-0.2, 0) is 0 Å². The van der Waals surface area contributed by atoms with Gasteiger partial charge in [-0.05, 0) is 51.0 Å². The molecule has 0 aromatic carbocycles. The molecule has 2 atom stereocenters. The molecule has 0 radical (unpaired) electrons. The molecule has 2 nitrogen and oxygen atoms in total. The van der Waals surface area contributed by atoms with Crippen LogP contribution in [-0.4, -0.2) is 36.6 Å². The van der Waals surface area contributed by atoms with E-state index in [0.717, 1.165) is 18.0 Å². The van der Waals surface area contributed by atoms with E-state index in [0.29, 0.717) is 0 Å². The fourth-order valence-electron chi connectivity index (χ4n) is 4.73. The first-order valence-corrected chi connectivity index (χ1v) is 8.91. The second kappa shape index (κ2) is 7.08. The second-order valence-electron chi connectivity index (χ2n) is 7.08. The fourth-order valence-corrected chi connectivity index (χ4v) is 4.73. The van der Waals surface area contributed by atoms with Crippen LogP contribution < -0.4 is 5.32 Å². The van der Waals surface area contributed by atoms with E-state index < -0.39 is 0 Å². The number of piperidine rings is 1. The summed E-state index contributed by atoms with van der Waals surface area (Å²) < 4.78 is 0. The van der Waals surface area contributed by atoms with Crippen molar-refractivity contribution < 1.29 is 0 Å². The Morgan fingerprint density at radius 1 is 0.789 bits per heavy atom. The Kier molecular flexibility index (Phi) is 5.17. The van der Waals surface area contributed by atoms with Crippen molar-refractivity contribution in [2.45, 2.75) is 82.7 Å². The monoisotopic (exact) mass is 264 g/mol. The van der Waals surface area contributed by atoms with Gasteiger partial charge in [-0.15, -0.1) is 0 Å². The minimum atomic E-state index is 0.826. The molecule has 1 saturated heterocycles. The van der Waals surface area contributed by atoms with Crippen LogP contribution in [0.25, 0.3) is 0 Å². The van der Waals surface area contributed by atoms with E-state index in [9.17, 15) is 0 Å². The third kappa shape index (κ3) is 3.72. The molecule has 19 heavy (non-hydrogen) atoms. The van der Waals surface area contributed by atoms with Crippen LogP contribution in [0, 0.1) is 5.92 Å². The standard InChI is InChI=1S/C17H32N2/c1-2-4-10-16(9-3-1)18-12-14-19-13-6-8-15-7-5-11-17(15)19/h15-18H,1-14H2. The van der Waals surface area contributed by atoms with Crippen molar-refractivity contribution in [1.82, 2.24) is 10.2 Å². The third-order valence-corrected chi connectivity index (χ3v) is 5.80. The maximum atomic E-state index is 3.85. The number of likely N-dealkylation sites (tertiary alicyclic amines) is 1. The van der Waals surface area contributed by atoms with Gasteiger partial charge in [0.05, 0.1) is 0 Å². The van der Waals surface area contributed by atoms with Crippen LogP contribution in [0.5, 0.6) is 0 Å². The summed E-state index contributed by atoms with van der Waals surface area (Å²) in [6.45, 7) is 3.90. The van der Waals surface area contributed by atoms with Gasteiger partial charge in [0.1, 0.15) is 0 Å². The van der Waals surface area contributed by atoms with E-state index in [-0.39, 0.29) is 0 Å². The Labute approximate surface area is 119 Å². The van der Waals surface area contributed by atoms with Crippen LogP contribution in [0.1, 0.15) is 70.6 Å². The summed E-state index contributed by atoms with van der Waals surface area (Å²) in [7, 11) is 0. The van der Waals surface area contributed by atoms with Gasteiger partial charge in [0.15, 0.2) is 0 Å². The highest BCUT2D eigenvalue weighted by molar-refractivity contribution is 4.89. The summed E-state index contributed by atoms with van der Waals surface area (Å²) in [4.78, 5) is 2.81. The van der Waals surface area contributed by atoms with E-state index in [1.807, 2.05) is 0 Å². The minimum absolute atomic E-state index is 0.826. The lowest BCUT2D eigenvalue weighted by Gasteiger charge is -2.38. The summed E-state index contributed by atoms with van der Waals surface area (Å²) >= 11 is 0. The van der Waals surface area contributed by atoms with Crippen molar-refractivity contribution in [3.8, 4) is 0 Å². The largest absolute Gasteiger partial charge is 0.313 e. The molecule has 1 aliphatic heterocycles. The summed E-state index contributed by atoms with van der Waals surface area (Å²) in [5.41, 5.74) is 0. The van der Waals surface area contributed by atoms with Crippen molar-refractivity contribution >= 4 is 0 Å². The third-order valence-electron chi connectivity index (χ3n) is 5.80. The molecule has 1 N–H and O–H groups in total. The summed E-state index contributed by atoms with van der Waals surface area (Å²) in [6, 6.07) is 1.77. The molecule has 0 amide bonds. The molecule has 2 unspecified atom stereocenters.